The molecular formula is C19H29FN2O4S. The van der Waals surface area contributed by atoms with Crippen molar-refractivity contribution in [1.29, 1.82) is 0 Å². The molecular weight excluding hydrogens is 371 g/mol. The van der Waals surface area contributed by atoms with Crippen molar-refractivity contribution in [3.05, 3.63) is 29.8 Å². The van der Waals surface area contributed by atoms with E-state index in [9.17, 15) is 13.2 Å². The highest BCUT2D eigenvalue weighted by Gasteiger charge is 2.44. The molecule has 1 saturated carbocycles. The molecule has 1 aromatic rings. The van der Waals surface area contributed by atoms with Gasteiger partial charge in [-0.25, -0.2) is 17.5 Å². The first-order valence-corrected chi connectivity index (χ1v) is 11.1. The largest absolute Gasteiger partial charge is 0.492 e. The molecule has 0 aliphatic heterocycles. The maximum Gasteiger partial charge on any atom is 0.216 e. The van der Waals surface area contributed by atoms with Gasteiger partial charge in [-0.15, -0.1) is 0 Å². The van der Waals surface area contributed by atoms with Crippen LogP contribution in [-0.4, -0.2) is 39.3 Å². The summed E-state index contributed by atoms with van der Waals surface area (Å²) in [7, 11) is -3.49. The van der Waals surface area contributed by atoms with E-state index in [4.69, 9.17) is 4.74 Å². The van der Waals surface area contributed by atoms with Gasteiger partial charge in [0, 0.05) is 6.92 Å². The fourth-order valence-electron chi connectivity index (χ4n) is 3.40. The Balaban J connectivity index is 2.07. The van der Waals surface area contributed by atoms with Crippen LogP contribution in [0.1, 0.15) is 51.5 Å². The van der Waals surface area contributed by atoms with E-state index in [1.54, 1.807) is 31.2 Å². The number of hydrogen-bond acceptors (Lipinski definition) is 4. The molecule has 2 N–H and O–H groups in total. The summed E-state index contributed by atoms with van der Waals surface area (Å²) in [4.78, 5) is 10.8. The van der Waals surface area contributed by atoms with Crippen molar-refractivity contribution in [2.24, 2.45) is 0 Å². The maximum atomic E-state index is 15.9. The van der Waals surface area contributed by atoms with Crippen LogP contribution in [0.2, 0.25) is 0 Å². The SMILES string of the molecule is CCCS(=O)(=O)NC1CCCCC1(F)c1ccc(OCCNC(C)=O)cc1. The number of carbonyl (C=O) groups is 1. The molecule has 8 heteroatoms. The Hall–Kier alpha value is -1.67. The minimum atomic E-state index is -3.49. The molecule has 0 saturated heterocycles. The summed E-state index contributed by atoms with van der Waals surface area (Å²) in [5.74, 6) is 0.453. The molecule has 0 spiro atoms. The topological polar surface area (TPSA) is 84.5 Å². The van der Waals surface area contributed by atoms with Gasteiger partial charge in [-0.2, -0.15) is 0 Å². The Morgan fingerprint density at radius 2 is 2.00 bits per heavy atom. The van der Waals surface area contributed by atoms with Crippen molar-refractivity contribution in [2.75, 3.05) is 18.9 Å². The Bertz CT molecular complexity index is 724. The molecule has 0 radical (unpaired) electrons. The first kappa shape index (κ1) is 21.6. The average Bonchev–Trinajstić information content (AvgIpc) is 2.61. The van der Waals surface area contributed by atoms with Crippen molar-refractivity contribution in [1.82, 2.24) is 10.0 Å². The number of nitrogens with one attached hydrogen (secondary N) is 2. The van der Waals surface area contributed by atoms with Crippen molar-refractivity contribution >= 4 is 15.9 Å². The van der Waals surface area contributed by atoms with E-state index in [0.717, 1.165) is 12.8 Å². The Morgan fingerprint density at radius 1 is 1.30 bits per heavy atom. The first-order valence-electron chi connectivity index (χ1n) is 9.43. The molecule has 0 aromatic heterocycles. The molecule has 0 heterocycles. The molecule has 2 atom stereocenters. The third-order valence-electron chi connectivity index (χ3n) is 4.71. The molecule has 2 rings (SSSR count). The van der Waals surface area contributed by atoms with E-state index in [1.807, 2.05) is 0 Å². The standard InChI is InChI=1S/C19H29FN2O4S/c1-3-14-27(24,25)22-18-6-4-5-11-19(18,20)16-7-9-17(10-8-16)26-13-12-21-15(2)23/h7-10,18,22H,3-6,11-14H2,1-2H3,(H,21,23). The zero-order valence-corrected chi connectivity index (χ0v) is 16.8. The third-order valence-corrected chi connectivity index (χ3v) is 6.30. The lowest BCUT2D eigenvalue weighted by Gasteiger charge is -2.38. The summed E-state index contributed by atoms with van der Waals surface area (Å²) in [5, 5.41) is 2.63. The number of benzene rings is 1. The lowest BCUT2D eigenvalue weighted by atomic mass is 9.77. The second kappa shape index (κ2) is 9.50. The van der Waals surface area contributed by atoms with E-state index in [1.165, 1.54) is 6.92 Å². The third kappa shape index (κ3) is 6.17. The van der Waals surface area contributed by atoms with E-state index in [2.05, 4.69) is 10.0 Å². The van der Waals surface area contributed by atoms with Gasteiger partial charge in [-0.3, -0.25) is 4.79 Å². The summed E-state index contributed by atoms with van der Waals surface area (Å²) in [6.45, 7) is 3.93. The number of ether oxygens (including phenoxy) is 1. The summed E-state index contributed by atoms with van der Waals surface area (Å²) in [6, 6.07) is 5.91. The Labute approximate surface area is 160 Å². The van der Waals surface area contributed by atoms with Crippen molar-refractivity contribution in [3.63, 3.8) is 0 Å². The first-order chi connectivity index (χ1) is 12.8. The van der Waals surface area contributed by atoms with E-state index in [-0.39, 0.29) is 18.1 Å². The minimum Gasteiger partial charge on any atom is -0.492 e. The van der Waals surface area contributed by atoms with Gasteiger partial charge < -0.3 is 10.1 Å². The van der Waals surface area contributed by atoms with Crippen molar-refractivity contribution < 1.29 is 22.3 Å². The number of alkyl halides is 1. The van der Waals surface area contributed by atoms with Crippen LogP contribution < -0.4 is 14.8 Å². The average molecular weight is 401 g/mol. The van der Waals surface area contributed by atoms with Crippen LogP contribution in [0.15, 0.2) is 24.3 Å². The van der Waals surface area contributed by atoms with Gasteiger partial charge in [0.1, 0.15) is 12.4 Å². The van der Waals surface area contributed by atoms with Crippen LogP contribution in [0.5, 0.6) is 5.75 Å². The van der Waals surface area contributed by atoms with Crippen LogP contribution in [0.25, 0.3) is 0 Å². The predicted octanol–water partition coefficient (Wildman–Crippen LogP) is 2.64. The number of halogens is 1. The zero-order valence-electron chi connectivity index (χ0n) is 16.0. The summed E-state index contributed by atoms with van der Waals surface area (Å²) in [5.41, 5.74) is -1.27. The van der Waals surface area contributed by atoms with Crippen LogP contribution in [-0.2, 0) is 20.5 Å². The zero-order chi connectivity index (χ0) is 19.9. The van der Waals surface area contributed by atoms with Gasteiger partial charge in [0.05, 0.1) is 18.3 Å². The maximum absolute atomic E-state index is 15.9. The number of hydrogen-bond donors (Lipinski definition) is 2. The smallest absolute Gasteiger partial charge is 0.216 e. The highest BCUT2D eigenvalue weighted by atomic mass is 32.2. The van der Waals surface area contributed by atoms with Crippen LogP contribution in [0.3, 0.4) is 0 Å². The fraction of sp³-hybridized carbons (Fsp3) is 0.632. The van der Waals surface area contributed by atoms with Gasteiger partial charge in [0.25, 0.3) is 0 Å². The molecule has 1 amide bonds. The van der Waals surface area contributed by atoms with Gasteiger partial charge in [-0.05, 0) is 43.4 Å². The molecule has 2 unspecified atom stereocenters. The highest BCUT2D eigenvalue weighted by molar-refractivity contribution is 7.89. The van der Waals surface area contributed by atoms with E-state index < -0.39 is 21.7 Å². The number of amides is 1. The molecule has 0 bridgehead atoms. The van der Waals surface area contributed by atoms with Gasteiger partial charge >= 0.3 is 0 Å². The fourth-order valence-corrected chi connectivity index (χ4v) is 4.79. The molecule has 1 aliphatic carbocycles. The number of carbonyl (C=O) groups excluding carboxylic acids is 1. The number of rotatable bonds is 9. The van der Waals surface area contributed by atoms with Crippen LogP contribution >= 0.6 is 0 Å². The van der Waals surface area contributed by atoms with Gasteiger partial charge in [-0.1, -0.05) is 25.5 Å². The molecule has 6 nitrogen and oxygen atoms in total. The normalized spacial score (nSPS) is 23.0. The van der Waals surface area contributed by atoms with Gasteiger partial charge in [0.15, 0.2) is 5.67 Å². The molecule has 1 aliphatic rings. The van der Waals surface area contributed by atoms with Crippen molar-refractivity contribution in [2.45, 2.75) is 57.7 Å². The predicted molar refractivity (Wildman–Crippen MR) is 103 cm³/mol. The quantitative estimate of drug-likeness (QED) is 0.624. The Kier molecular flexibility index (Phi) is 7.61. The molecule has 1 aromatic carbocycles. The van der Waals surface area contributed by atoms with Crippen LogP contribution in [0.4, 0.5) is 4.39 Å². The van der Waals surface area contributed by atoms with E-state index in [0.29, 0.717) is 37.3 Å². The lowest BCUT2D eigenvalue weighted by molar-refractivity contribution is -0.119. The second-order valence-electron chi connectivity index (χ2n) is 6.95. The lowest BCUT2D eigenvalue weighted by Crippen LogP contribution is -2.50. The number of sulfonamides is 1. The minimum absolute atomic E-state index is 0.000651. The summed E-state index contributed by atoms with van der Waals surface area (Å²) in [6.07, 6.45) is 2.78. The van der Waals surface area contributed by atoms with Crippen LogP contribution in [0, 0.1) is 0 Å². The molecule has 1 fully saturated rings. The second-order valence-corrected chi connectivity index (χ2v) is 8.83. The molecule has 27 heavy (non-hydrogen) atoms. The Morgan fingerprint density at radius 3 is 2.63 bits per heavy atom. The monoisotopic (exact) mass is 400 g/mol. The summed E-state index contributed by atoms with van der Waals surface area (Å²) >= 11 is 0. The van der Waals surface area contributed by atoms with E-state index >= 15 is 4.39 Å². The highest BCUT2D eigenvalue weighted by Crippen LogP contribution is 2.41. The van der Waals surface area contributed by atoms with Gasteiger partial charge in [0.2, 0.25) is 15.9 Å². The van der Waals surface area contributed by atoms with Crippen molar-refractivity contribution in [3.8, 4) is 5.75 Å². The summed E-state index contributed by atoms with van der Waals surface area (Å²) < 4.78 is 48.2. The molecule has 152 valence electrons.